The van der Waals surface area contributed by atoms with E-state index in [0.29, 0.717) is 17.2 Å². The molecule has 10 heteroatoms. The second-order valence-electron chi connectivity index (χ2n) is 4.70. The maximum absolute atomic E-state index is 12.1. The highest BCUT2D eigenvalue weighted by atomic mass is 16.5. The number of ether oxygens (including phenoxy) is 3. The lowest BCUT2D eigenvalue weighted by atomic mass is 10.2. The van der Waals surface area contributed by atoms with E-state index < -0.39 is 18.0 Å². The first-order valence-corrected chi connectivity index (χ1v) is 6.96. The summed E-state index contributed by atoms with van der Waals surface area (Å²) in [5, 5.41) is 13.0. The van der Waals surface area contributed by atoms with E-state index in [1.165, 1.54) is 32.2 Å². The molecule has 0 fully saturated rings. The molecule has 0 aliphatic heterocycles. The molecule has 0 aliphatic rings. The molecule has 1 aromatic carbocycles. The number of nitrogens with zero attached hydrogens (tertiary/aromatic N) is 4. The molecule has 0 unspecified atom stereocenters. The number of hydrogen-bond donors (Lipinski definition) is 1. The molecule has 2 aromatic rings. The third kappa shape index (κ3) is 4.41. The van der Waals surface area contributed by atoms with Crippen molar-refractivity contribution in [3.63, 3.8) is 0 Å². The van der Waals surface area contributed by atoms with E-state index in [2.05, 4.69) is 20.8 Å². The van der Waals surface area contributed by atoms with Crippen molar-refractivity contribution in [2.45, 2.75) is 19.6 Å². The number of anilines is 1. The molecule has 1 N–H and O–H groups in total. The Balaban J connectivity index is 1.92. The van der Waals surface area contributed by atoms with Gasteiger partial charge in [-0.2, -0.15) is 0 Å². The number of hydrogen-bond acceptors (Lipinski definition) is 8. The van der Waals surface area contributed by atoms with Gasteiger partial charge < -0.3 is 19.5 Å². The number of aromatic nitrogens is 4. The normalized spacial score (nSPS) is 11.5. The quantitative estimate of drug-likeness (QED) is 0.716. The lowest BCUT2D eigenvalue weighted by Crippen LogP contribution is -2.31. The number of methoxy groups -OCH3 is 2. The highest BCUT2D eigenvalue weighted by molar-refractivity contribution is 5.95. The minimum absolute atomic E-state index is 0.180. The van der Waals surface area contributed by atoms with Crippen LogP contribution in [0.1, 0.15) is 6.92 Å². The molecule has 24 heavy (non-hydrogen) atoms. The van der Waals surface area contributed by atoms with E-state index in [1.54, 1.807) is 18.2 Å². The largest absolute Gasteiger partial charge is 0.493 e. The van der Waals surface area contributed by atoms with Gasteiger partial charge in [0.05, 0.1) is 14.2 Å². The third-order valence-corrected chi connectivity index (χ3v) is 3.01. The van der Waals surface area contributed by atoms with E-state index in [1.807, 2.05) is 0 Å². The molecular formula is C14H17N5O5. The Bertz CT molecular complexity index is 704. The highest BCUT2D eigenvalue weighted by Crippen LogP contribution is 2.29. The second kappa shape index (κ2) is 7.90. The van der Waals surface area contributed by atoms with Crippen molar-refractivity contribution in [1.82, 2.24) is 20.2 Å². The number of esters is 1. The van der Waals surface area contributed by atoms with Gasteiger partial charge in [-0.15, -0.1) is 5.10 Å². The zero-order chi connectivity index (χ0) is 17.5. The lowest BCUT2D eigenvalue weighted by molar-refractivity contribution is -0.153. The van der Waals surface area contributed by atoms with Crippen molar-refractivity contribution in [3.05, 3.63) is 24.5 Å². The fourth-order valence-corrected chi connectivity index (χ4v) is 1.83. The Morgan fingerprint density at radius 2 is 2.00 bits per heavy atom. The summed E-state index contributed by atoms with van der Waals surface area (Å²) in [6, 6.07) is 4.91. The van der Waals surface area contributed by atoms with E-state index in [9.17, 15) is 9.59 Å². The average Bonchev–Trinajstić information content (AvgIpc) is 3.07. The maximum atomic E-state index is 12.1. The smallest absolute Gasteiger partial charge is 0.328 e. The zero-order valence-corrected chi connectivity index (χ0v) is 13.4. The fraction of sp³-hybridized carbons (Fsp3) is 0.357. The number of carbonyl (C=O) groups is 2. The van der Waals surface area contributed by atoms with E-state index in [0.717, 1.165) is 0 Å². The van der Waals surface area contributed by atoms with Crippen LogP contribution in [-0.4, -0.2) is 52.4 Å². The number of tetrazole rings is 1. The SMILES string of the molecule is COc1ccc(NC(=O)[C@@H](C)OC(=O)Cn2cnnn2)cc1OC. The Kier molecular flexibility index (Phi) is 5.66. The van der Waals surface area contributed by atoms with Gasteiger partial charge in [-0.3, -0.25) is 9.59 Å². The van der Waals surface area contributed by atoms with Crippen molar-refractivity contribution < 1.29 is 23.8 Å². The van der Waals surface area contributed by atoms with Crippen LogP contribution in [0.2, 0.25) is 0 Å². The molecule has 2 rings (SSSR count). The predicted octanol–water partition coefficient (Wildman–Crippen LogP) is 0.261. The Labute approximate surface area is 137 Å². The minimum Gasteiger partial charge on any atom is -0.493 e. The van der Waals surface area contributed by atoms with Crippen LogP contribution in [0.3, 0.4) is 0 Å². The van der Waals surface area contributed by atoms with Crippen LogP contribution < -0.4 is 14.8 Å². The van der Waals surface area contributed by atoms with Crippen molar-refractivity contribution in [2.24, 2.45) is 0 Å². The highest BCUT2D eigenvalue weighted by Gasteiger charge is 2.19. The Morgan fingerprint density at radius 3 is 2.62 bits per heavy atom. The minimum atomic E-state index is -0.984. The fourth-order valence-electron chi connectivity index (χ4n) is 1.83. The Morgan fingerprint density at radius 1 is 1.25 bits per heavy atom. The molecule has 0 spiro atoms. The summed E-state index contributed by atoms with van der Waals surface area (Å²) in [5.41, 5.74) is 0.487. The molecule has 0 radical (unpaired) electrons. The van der Waals surface area contributed by atoms with E-state index in [4.69, 9.17) is 14.2 Å². The summed E-state index contributed by atoms with van der Waals surface area (Å²) in [7, 11) is 3.01. The lowest BCUT2D eigenvalue weighted by Gasteiger charge is -2.14. The van der Waals surface area contributed by atoms with Crippen LogP contribution in [0.5, 0.6) is 11.5 Å². The summed E-state index contributed by atoms with van der Waals surface area (Å²) in [6.45, 7) is 1.29. The summed E-state index contributed by atoms with van der Waals surface area (Å²) >= 11 is 0. The van der Waals surface area contributed by atoms with Gasteiger partial charge in [0.2, 0.25) is 0 Å². The van der Waals surface area contributed by atoms with Gasteiger partial charge >= 0.3 is 5.97 Å². The van der Waals surface area contributed by atoms with Gasteiger partial charge in [-0.05, 0) is 29.5 Å². The van der Waals surface area contributed by atoms with Crippen LogP contribution in [0.25, 0.3) is 0 Å². The van der Waals surface area contributed by atoms with Crippen LogP contribution in [0, 0.1) is 0 Å². The van der Waals surface area contributed by atoms with Gasteiger partial charge in [0.15, 0.2) is 17.6 Å². The second-order valence-corrected chi connectivity index (χ2v) is 4.70. The number of nitrogens with one attached hydrogen (secondary N) is 1. The number of carbonyl (C=O) groups excluding carboxylic acids is 2. The molecule has 0 aliphatic carbocycles. The molecule has 1 amide bonds. The van der Waals surface area contributed by atoms with Crippen LogP contribution in [-0.2, 0) is 20.9 Å². The van der Waals surface area contributed by atoms with Gasteiger partial charge in [0, 0.05) is 11.8 Å². The van der Waals surface area contributed by atoms with Gasteiger partial charge in [-0.1, -0.05) is 0 Å². The summed E-state index contributed by atoms with van der Waals surface area (Å²) < 4.78 is 16.5. The molecule has 0 saturated carbocycles. The summed E-state index contributed by atoms with van der Waals surface area (Å²) in [4.78, 5) is 23.8. The molecule has 1 atom stereocenters. The number of rotatable bonds is 7. The molecule has 1 heterocycles. The van der Waals surface area contributed by atoms with Crippen molar-refractivity contribution >= 4 is 17.6 Å². The van der Waals surface area contributed by atoms with Crippen molar-refractivity contribution in [3.8, 4) is 11.5 Å². The first-order valence-electron chi connectivity index (χ1n) is 6.96. The molecular weight excluding hydrogens is 318 g/mol. The topological polar surface area (TPSA) is 117 Å². The summed E-state index contributed by atoms with van der Waals surface area (Å²) in [6.07, 6.45) is 0.289. The number of amides is 1. The van der Waals surface area contributed by atoms with Crippen molar-refractivity contribution in [2.75, 3.05) is 19.5 Å². The molecule has 0 bridgehead atoms. The van der Waals surface area contributed by atoms with Crippen molar-refractivity contribution in [1.29, 1.82) is 0 Å². The average molecular weight is 335 g/mol. The van der Waals surface area contributed by atoms with Gasteiger partial charge in [-0.25, -0.2) is 4.68 Å². The molecule has 10 nitrogen and oxygen atoms in total. The van der Waals surface area contributed by atoms with E-state index >= 15 is 0 Å². The first kappa shape index (κ1) is 17.2. The Hall–Kier alpha value is -3.17. The zero-order valence-electron chi connectivity index (χ0n) is 13.4. The third-order valence-electron chi connectivity index (χ3n) is 3.01. The molecule has 0 saturated heterocycles. The monoisotopic (exact) mass is 335 g/mol. The standard InChI is InChI=1S/C14H17N5O5/c1-9(24-13(20)7-19-8-15-17-18-19)14(21)16-10-4-5-11(22-2)12(6-10)23-3/h4-6,8-9H,7H2,1-3H3,(H,16,21)/t9-/m1/s1. The predicted molar refractivity (Wildman–Crippen MR) is 81.5 cm³/mol. The maximum Gasteiger partial charge on any atom is 0.328 e. The molecule has 1 aromatic heterocycles. The first-order chi connectivity index (χ1) is 11.5. The van der Waals surface area contributed by atoms with E-state index in [-0.39, 0.29) is 6.54 Å². The molecule has 128 valence electrons. The van der Waals surface area contributed by atoms with Gasteiger partial charge in [0.25, 0.3) is 5.91 Å². The van der Waals surface area contributed by atoms with Crippen LogP contribution in [0.4, 0.5) is 5.69 Å². The van der Waals surface area contributed by atoms with Gasteiger partial charge in [0.1, 0.15) is 12.9 Å². The summed E-state index contributed by atoms with van der Waals surface area (Å²) in [5.74, 6) is -0.0976. The number of benzene rings is 1. The van der Waals surface area contributed by atoms with Crippen LogP contribution >= 0.6 is 0 Å². The van der Waals surface area contributed by atoms with Crippen LogP contribution in [0.15, 0.2) is 24.5 Å².